The smallest absolute Gasteiger partial charge is 0.187 e. The summed E-state index contributed by atoms with van der Waals surface area (Å²) in [5.41, 5.74) is 0.936. The number of hydrogen-bond donors (Lipinski definition) is 1. The maximum Gasteiger partial charge on any atom is 0.187 e. The SMILES string of the molecule is CNC(C)CC=Cc1ccc[n+]([O-])c1. The fourth-order valence-electron chi connectivity index (χ4n) is 1.10. The van der Waals surface area contributed by atoms with E-state index < -0.39 is 0 Å². The molecule has 14 heavy (non-hydrogen) atoms. The summed E-state index contributed by atoms with van der Waals surface area (Å²) in [7, 11) is 1.94. The first-order chi connectivity index (χ1) is 6.72. The topological polar surface area (TPSA) is 39.0 Å². The van der Waals surface area contributed by atoms with Gasteiger partial charge in [-0.2, -0.15) is 4.73 Å². The maximum atomic E-state index is 10.9. The highest BCUT2D eigenvalue weighted by atomic mass is 16.5. The quantitative estimate of drug-likeness (QED) is 0.577. The average Bonchev–Trinajstić information content (AvgIpc) is 2.17. The van der Waals surface area contributed by atoms with Gasteiger partial charge in [0.05, 0.1) is 0 Å². The van der Waals surface area contributed by atoms with Crippen molar-refractivity contribution in [3.63, 3.8) is 0 Å². The van der Waals surface area contributed by atoms with Crippen LogP contribution in [-0.2, 0) is 0 Å². The summed E-state index contributed by atoms with van der Waals surface area (Å²) in [4.78, 5) is 0. The lowest BCUT2D eigenvalue weighted by Gasteiger charge is -2.04. The standard InChI is InChI=1S/C11H16N2O/c1-10(12-2)5-3-6-11-7-4-8-13(14)9-11/h3-4,6-10,12H,5H2,1-2H3. The van der Waals surface area contributed by atoms with Crippen LogP contribution in [0.2, 0.25) is 0 Å². The van der Waals surface area contributed by atoms with Gasteiger partial charge in [0.1, 0.15) is 0 Å². The number of nitrogens with one attached hydrogen (secondary N) is 1. The number of aromatic nitrogens is 1. The first-order valence-electron chi connectivity index (χ1n) is 4.75. The lowest BCUT2D eigenvalue weighted by Crippen LogP contribution is -2.24. The van der Waals surface area contributed by atoms with Gasteiger partial charge in [0.15, 0.2) is 12.4 Å². The van der Waals surface area contributed by atoms with E-state index in [9.17, 15) is 5.21 Å². The van der Waals surface area contributed by atoms with Gasteiger partial charge in [-0.1, -0.05) is 12.2 Å². The molecule has 1 aromatic rings. The van der Waals surface area contributed by atoms with Crippen LogP contribution in [0.4, 0.5) is 0 Å². The second-order valence-corrected chi connectivity index (χ2v) is 3.32. The molecular weight excluding hydrogens is 176 g/mol. The van der Waals surface area contributed by atoms with Crippen LogP contribution in [0.3, 0.4) is 0 Å². The van der Waals surface area contributed by atoms with Gasteiger partial charge in [-0.3, -0.25) is 0 Å². The molecule has 0 aromatic carbocycles. The van der Waals surface area contributed by atoms with Gasteiger partial charge in [0.25, 0.3) is 0 Å². The van der Waals surface area contributed by atoms with Gasteiger partial charge in [0.2, 0.25) is 0 Å². The zero-order valence-corrected chi connectivity index (χ0v) is 8.60. The van der Waals surface area contributed by atoms with Gasteiger partial charge in [-0.15, -0.1) is 0 Å². The van der Waals surface area contributed by atoms with E-state index in [4.69, 9.17) is 0 Å². The normalized spacial score (nSPS) is 13.3. The molecule has 1 unspecified atom stereocenters. The first kappa shape index (κ1) is 10.7. The highest BCUT2D eigenvalue weighted by Gasteiger charge is 1.94. The predicted molar refractivity (Wildman–Crippen MR) is 57.6 cm³/mol. The molecule has 0 saturated heterocycles. The summed E-state index contributed by atoms with van der Waals surface area (Å²) in [6.45, 7) is 2.11. The third kappa shape index (κ3) is 3.58. The van der Waals surface area contributed by atoms with Crippen LogP contribution >= 0.6 is 0 Å². The molecule has 0 amide bonds. The molecule has 0 bridgehead atoms. The Balaban J connectivity index is 2.51. The van der Waals surface area contributed by atoms with Crippen LogP contribution in [0.15, 0.2) is 30.6 Å². The van der Waals surface area contributed by atoms with Crippen molar-refractivity contribution >= 4 is 6.08 Å². The summed E-state index contributed by atoms with van der Waals surface area (Å²) >= 11 is 0. The second kappa shape index (κ2) is 5.40. The fraction of sp³-hybridized carbons (Fsp3) is 0.364. The largest absolute Gasteiger partial charge is 0.619 e. The summed E-state index contributed by atoms with van der Waals surface area (Å²) < 4.78 is 0.807. The minimum absolute atomic E-state index is 0.467. The molecule has 0 aliphatic heterocycles. The van der Waals surface area contributed by atoms with Crippen molar-refractivity contribution in [2.45, 2.75) is 19.4 Å². The van der Waals surface area contributed by atoms with Gasteiger partial charge in [-0.25, -0.2) is 0 Å². The van der Waals surface area contributed by atoms with E-state index in [-0.39, 0.29) is 0 Å². The Kier molecular flexibility index (Phi) is 4.13. The number of rotatable bonds is 4. The van der Waals surface area contributed by atoms with Crippen molar-refractivity contribution in [2.24, 2.45) is 0 Å². The van der Waals surface area contributed by atoms with Gasteiger partial charge < -0.3 is 10.5 Å². The van der Waals surface area contributed by atoms with E-state index in [0.29, 0.717) is 6.04 Å². The Morgan fingerprint density at radius 1 is 1.64 bits per heavy atom. The molecule has 0 aliphatic rings. The van der Waals surface area contributed by atoms with Gasteiger partial charge in [-0.05, 0) is 26.5 Å². The van der Waals surface area contributed by atoms with Crippen molar-refractivity contribution in [3.05, 3.63) is 41.4 Å². The lowest BCUT2D eigenvalue weighted by molar-refractivity contribution is -0.605. The second-order valence-electron chi connectivity index (χ2n) is 3.32. The van der Waals surface area contributed by atoms with Crippen molar-refractivity contribution in [1.82, 2.24) is 5.32 Å². The molecule has 3 heteroatoms. The summed E-state index contributed by atoms with van der Waals surface area (Å²) in [5.74, 6) is 0. The molecule has 0 aliphatic carbocycles. The van der Waals surface area contributed by atoms with E-state index >= 15 is 0 Å². The highest BCUT2D eigenvalue weighted by Crippen LogP contribution is 2.00. The van der Waals surface area contributed by atoms with Crippen LogP contribution in [0.1, 0.15) is 18.9 Å². The molecule has 1 aromatic heterocycles. The molecule has 0 radical (unpaired) electrons. The van der Waals surface area contributed by atoms with Crippen LogP contribution in [0, 0.1) is 5.21 Å². The van der Waals surface area contributed by atoms with Crippen LogP contribution in [-0.4, -0.2) is 13.1 Å². The Labute approximate surface area is 84.7 Å². The Hall–Kier alpha value is -1.35. The van der Waals surface area contributed by atoms with Gasteiger partial charge in [0, 0.05) is 17.7 Å². The Morgan fingerprint density at radius 3 is 3.07 bits per heavy atom. The van der Waals surface area contributed by atoms with Crippen molar-refractivity contribution < 1.29 is 4.73 Å². The van der Waals surface area contributed by atoms with Crippen molar-refractivity contribution in [1.29, 1.82) is 0 Å². The molecule has 1 N–H and O–H groups in total. The van der Waals surface area contributed by atoms with Gasteiger partial charge >= 0.3 is 0 Å². The van der Waals surface area contributed by atoms with E-state index in [2.05, 4.69) is 18.3 Å². The monoisotopic (exact) mass is 192 g/mol. The highest BCUT2D eigenvalue weighted by molar-refractivity contribution is 5.46. The summed E-state index contributed by atoms with van der Waals surface area (Å²) in [5, 5.41) is 14.1. The van der Waals surface area contributed by atoms with E-state index in [1.54, 1.807) is 12.3 Å². The minimum Gasteiger partial charge on any atom is -0.619 e. The Bertz CT molecular complexity index is 310. The molecule has 0 spiro atoms. The Morgan fingerprint density at radius 2 is 2.43 bits per heavy atom. The maximum absolute atomic E-state index is 10.9. The third-order valence-electron chi connectivity index (χ3n) is 2.09. The van der Waals surface area contributed by atoms with E-state index in [0.717, 1.165) is 16.7 Å². The van der Waals surface area contributed by atoms with E-state index in [1.807, 2.05) is 19.2 Å². The third-order valence-corrected chi connectivity index (χ3v) is 2.09. The number of hydrogen-bond acceptors (Lipinski definition) is 2. The van der Waals surface area contributed by atoms with E-state index in [1.165, 1.54) is 6.20 Å². The summed E-state index contributed by atoms with van der Waals surface area (Å²) in [6, 6.07) is 4.12. The summed E-state index contributed by atoms with van der Waals surface area (Å²) in [6.07, 6.45) is 8.02. The van der Waals surface area contributed by atoms with Crippen molar-refractivity contribution in [2.75, 3.05) is 7.05 Å². The van der Waals surface area contributed by atoms with Crippen molar-refractivity contribution in [3.8, 4) is 0 Å². The zero-order valence-electron chi connectivity index (χ0n) is 8.60. The minimum atomic E-state index is 0.467. The van der Waals surface area contributed by atoms with Crippen LogP contribution in [0.25, 0.3) is 6.08 Å². The van der Waals surface area contributed by atoms with Crippen LogP contribution in [0.5, 0.6) is 0 Å². The average molecular weight is 192 g/mol. The lowest BCUT2D eigenvalue weighted by atomic mass is 10.2. The zero-order chi connectivity index (χ0) is 10.4. The molecule has 76 valence electrons. The molecule has 1 heterocycles. The first-order valence-corrected chi connectivity index (χ1v) is 4.75. The molecular formula is C11H16N2O. The fourth-order valence-corrected chi connectivity index (χ4v) is 1.10. The molecule has 0 fully saturated rings. The molecule has 3 nitrogen and oxygen atoms in total. The predicted octanol–water partition coefficient (Wildman–Crippen LogP) is 1.33. The van der Waals surface area contributed by atoms with Crippen LogP contribution < -0.4 is 10.0 Å². The number of nitrogens with zero attached hydrogens (tertiary/aromatic N) is 1. The number of pyridine rings is 1. The molecule has 1 atom stereocenters. The molecule has 0 saturated carbocycles. The molecule has 1 rings (SSSR count).